The number of likely N-dealkylation sites (tertiary alicyclic amines) is 2. The van der Waals surface area contributed by atoms with E-state index in [0.29, 0.717) is 0 Å². The number of aryl methyl sites for hydroxylation is 2. The highest BCUT2D eigenvalue weighted by Crippen LogP contribution is 2.39. The molecular weight excluding hydrogens is 787 g/mol. The fourth-order valence-electron chi connectivity index (χ4n) is 10.4. The Balaban J connectivity index is 0.00000249. The third kappa shape index (κ3) is 7.91. The van der Waals surface area contributed by atoms with E-state index in [1.54, 1.807) is 14.2 Å². The maximum Gasteiger partial charge on any atom is 0.119 e. The third-order valence-electron chi connectivity index (χ3n) is 13.6. The molecule has 314 valence electrons. The predicted octanol–water partition coefficient (Wildman–Crippen LogP) is 11.7. The average molecular weight is 846 g/mol. The Labute approximate surface area is 365 Å². The van der Waals surface area contributed by atoms with E-state index in [0.717, 1.165) is 60.5 Å². The largest absolute Gasteiger partial charge is 0.497 e. The van der Waals surface area contributed by atoms with Gasteiger partial charge in [-0.2, -0.15) is 0 Å². The van der Waals surface area contributed by atoms with Gasteiger partial charge < -0.3 is 39.9 Å². The number of halogens is 2. The summed E-state index contributed by atoms with van der Waals surface area (Å²) in [5, 5.41) is 17.6. The fourth-order valence-corrected chi connectivity index (χ4v) is 10.4. The number of aromatic amines is 2. The molecule has 0 unspecified atom stereocenters. The molecule has 60 heavy (non-hydrogen) atoms. The molecule has 2 aromatic heterocycles. The number of nitrogens with one attached hydrogen (secondary N) is 4. The van der Waals surface area contributed by atoms with Crippen molar-refractivity contribution in [1.29, 1.82) is 0 Å². The van der Waals surface area contributed by atoms with Gasteiger partial charge in [-0.15, -0.1) is 24.8 Å². The van der Waals surface area contributed by atoms with Crippen LogP contribution in [0.5, 0.6) is 11.5 Å². The van der Waals surface area contributed by atoms with Crippen LogP contribution in [0.3, 0.4) is 0 Å². The van der Waals surface area contributed by atoms with Crippen LogP contribution in [0.1, 0.15) is 36.8 Å². The van der Waals surface area contributed by atoms with Crippen LogP contribution in [0.4, 0.5) is 11.4 Å². The minimum absolute atomic E-state index is 0. The fraction of sp³-hybridized carbons (Fsp3) is 0.360. The van der Waals surface area contributed by atoms with Crippen molar-refractivity contribution in [3.05, 3.63) is 96.1 Å². The highest BCUT2D eigenvalue weighted by Gasteiger charge is 2.29. The summed E-state index contributed by atoms with van der Waals surface area (Å²) in [7, 11) is 3.48. The lowest BCUT2D eigenvalue weighted by Gasteiger charge is -2.40. The highest BCUT2D eigenvalue weighted by molar-refractivity contribution is 6.23. The number of aromatic nitrogens is 2. The molecule has 0 bridgehead atoms. The molecule has 2 aliphatic heterocycles. The number of nitrogens with zero attached hydrogens (tertiary/aromatic N) is 2. The molecular formula is C50H58Cl2N6O2. The number of ether oxygens (including phenoxy) is 2. The van der Waals surface area contributed by atoms with E-state index in [1.165, 1.54) is 128 Å². The summed E-state index contributed by atoms with van der Waals surface area (Å²) in [4.78, 5) is 12.7. The summed E-state index contributed by atoms with van der Waals surface area (Å²) in [5.41, 5.74) is 9.62. The van der Waals surface area contributed by atoms with E-state index in [4.69, 9.17) is 9.47 Å². The van der Waals surface area contributed by atoms with Crippen molar-refractivity contribution in [2.45, 2.75) is 39.5 Å². The Kier molecular flexibility index (Phi) is 12.3. The van der Waals surface area contributed by atoms with Gasteiger partial charge in [-0.3, -0.25) is 0 Å². The minimum atomic E-state index is 0. The van der Waals surface area contributed by atoms with Gasteiger partial charge in [-0.1, -0.05) is 12.1 Å². The zero-order chi connectivity index (χ0) is 39.3. The van der Waals surface area contributed by atoms with Gasteiger partial charge in [0, 0.05) is 70.1 Å². The number of hydrogen-bond acceptors (Lipinski definition) is 6. The number of fused-ring (bicyclic) bond motifs is 10. The minimum Gasteiger partial charge on any atom is -0.497 e. The standard InChI is InChI=1S/C50H56N6O2.2ClH/c1-31-25-35-5-7-37(27-41(35)47-43-29-39(57-3)9-11-45(43)53-49(31)47)51-17-23-55-19-13-33(14-20-55)34-15-21-56(22-16-34)24-18-52-38-8-6-36-26-32(2)50-48(42(36)28-38)44-30-40(58-4)10-12-46(44)54-50;;/h5-12,25-30,33-34,51-54H,13-24H2,1-4H3;2*1H. The Hall–Kier alpha value is -4.86. The van der Waals surface area contributed by atoms with Crippen molar-refractivity contribution in [3.63, 3.8) is 0 Å². The summed E-state index contributed by atoms with van der Waals surface area (Å²) in [6.45, 7) is 13.3. The molecule has 4 N–H and O–H groups in total. The van der Waals surface area contributed by atoms with E-state index in [-0.39, 0.29) is 24.8 Å². The number of anilines is 2. The monoisotopic (exact) mass is 844 g/mol. The Bertz CT molecular complexity index is 2610. The number of methoxy groups -OCH3 is 2. The van der Waals surface area contributed by atoms with E-state index in [1.807, 2.05) is 12.1 Å². The SMILES string of the molecule is COc1ccc2[nH]c3c(C)cc4ccc(NCCN5CCC(C6CCN(CCNc7ccc8cc(C)c9[nH]c%10ccc(OC)cc%10c9c8c7)CC6)CC5)cc4c3c2c1.Cl.Cl. The zero-order valence-corrected chi connectivity index (χ0v) is 36.9. The summed E-state index contributed by atoms with van der Waals surface area (Å²) < 4.78 is 11.2. The van der Waals surface area contributed by atoms with Gasteiger partial charge in [-0.25, -0.2) is 0 Å². The van der Waals surface area contributed by atoms with Gasteiger partial charge in [0.1, 0.15) is 11.5 Å². The van der Waals surface area contributed by atoms with Crippen LogP contribution in [0, 0.1) is 25.7 Å². The van der Waals surface area contributed by atoms with Crippen LogP contribution in [-0.4, -0.2) is 86.3 Å². The van der Waals surface area contributed by atoms with Crippen LogP contribution >= 0.6 is 24.8 Å². The molecule has 0 spiro atoms. The van der Waals surface area contributed by atoms with Crippen LogP contribution in [-0.2, 0) is 0 Å². The molecule has 2 aliphatic rings. The number of rotatable bonds is 11. The molecule has 0 atom stereocenters. The van der Waals surface area contributed by atoms with Crippen LogP contribution in [0.25, 0.3) is 65.2 Å². The van der Waals surface area contributed by atoms with E-state index >= 15 is 0 Å². The second-order valence-corrected chi connectivity index (χ2v) is 17.0. The Morgan fingerprint density at radius 1 is 0.533 bits per heavy atom. The maximum atomic E-state index is 5.58. The van der Waals surface area contributed by atoms with Crippen LogP contribution < -0.4 is 20.1 Å². The molecule has 0 saturated carbocycles. The molecule has 10 rings (SSSR count). The molecule has 0 amide bonds. The predicted molar refractivity (Wildman–Crippen MR) is 259 cm³/mol. The number of piperidine rings is 2. The molecule has 10 heteroatoms. The molecule has 2 saturated heterocycles. The van der Waals surface area contributed by atoms with E-state index in [9.17, 15) is 0 Å². The van der Waals surface area contributed by atoms with Crippen molar-refractivity contribution in [2.24, 2.45) is 11.8 Å². The Morgan fingerprint density at radius 3 is 1.35 bits per heavy atom. The summed E-state index contributed by atoms with van der Waals surface area (Å²) >= 11 is 0. The lowest BCUT2D eigenvalue weighted by atomic mass is 9.79. The molecule has 2 fully saturated rings. The number of hydrogen-bond donors (Lipinski definition) is 4. The van der Waals surface area contributed by atoms with Gasteiger partial charge in [0.2, 0.25) is 0 Å². The molecule has 0 aliphatic carbocycles. The second kappa shape index (κ2) is 17.6. The normalized spacial score (nSPS) is 15.9. The van der Waals surface area contributed by atoms with Crippen LogP contribution in [0.2, 0.25) is 0 Å². The first-order valence-electron chi connectivity index (χ1n) is 21.4. The van der Waals surface area contributed by atoms with E-state index < -0.39 is 0 Å². The van der Waals surface area contributed by atoms with Crippen molar-refractivity contribution >= 4 is 101 Å². The Morgan fingerprint density at radius 2 is 0.950 bits per heavy atom. The maximum absolute atomic E-state index is 5.58. The topological polar surface area (TPSA) is 80.6 Å². The molecule has 6 aromatic carbocycles. The van der Waals surface area contributed by atoms with Gasteiger partial charge in [0.05, 0.1) is 25.3 Å². The zero-order valence-electron chi connectivity index (χ0n) is 35.3. The summed E-state index contributed by atoms with van der Waals surface area (Å²) in [6.07, 6.45) is 5.34. The van der Waals surface area contributed by atoms with Crippen molar-refractivity contribution in [2.75, 3.05) is 77.2 Å². The first-order chi connectivity index (χ1) is 28.4. The number of H-pyrrole nitrogens is 2. The van der Waals surface area contributed by atoms with Crippen LogP contribution in [0.15, 0.2) is 84.9 Å². The van der Waals surface area contributed by atoms with Gasteiger partial charge in [0.25, 0.3) is 0 Å². The van der Waals surface area contributed by atoms with Gasteiger partial charge in [0.15, 0.2) is 0 Å². The lowest BCUT2D eigenvalue weighted by molar-refractivity contribution is 0.0996. The second-order valence-electron chi connectivity index (χ2n) is 17.0. The smallest absolute Gasteiger partial charge is 0.119 e. The molecule has 8 nitrogen and oxygen atoms in total. The first-order valence-corrected chi connectivity index (χ1v) is 21.4. The van der Waals surface area contributed by atoms with Gasteiger partial charge >= 0.3 is 0 Å². The van der Waals surface area contributed by atoms with E-state index in [2.05, 4.69) is 117 Å². The highest BCUT2D eigenvalue weighted by atomic mass is 35.5. The van der Waals surface area contributed by atoms with Crippen molar-refractivity contribution in [3.8, 4) is 11.5 Å². The average Bonchev–Trinajstić information content (AvgIpc) is 3.84. The van der Waals surface area contributed by atoms with Crippen molar-refractivity contribution < 1.29 is 9.47 Å². The first kappa shape index (κ1) is 41.9. The van der Waals surface area contributed by atoms with Gasteiger partial charge in [-0.05, 0) is 183 Å². The third-order valence-corrected chi connectivity index (χ3v) is 13.6. The molecule has 4 heterocycles. The lowest BCUT2D eigenvalue weighted by Crippen LogP contribution is -2.42. The summed E-state index contributed by atoms with van der Waals surface area (Å²) in [5.74, 6) is 3.51. The quantitative estimate of drug-likeness (QED) is 0.104. The molecule has 8 aromatic rings. The molecule has 0 radical (unpaired) electrons. The van der Waals surface area contributed by atoms with Crippen molar-refractivity contribution in [1.82, 2.24) is 19.8 Å². The summed E-state index contributed by atoms with van der Waals surface area (Å²) in [6, 6.07) is 30.9. The number of benzene rings is 6.